The van der Waals surface area contributed by atoms with Gasteiger partial charge in [0.25, 0.3) is 0 Å². The number of thiocarbonyl (C=S) groups is 1. The molecule has 6 heteroatoms. The molecule has 0 fully saturated rings. The van der Waals surface area contributed by atoms with Gasteiger partial charge < -0.3 is 16.2 Å². The molecule has 1 aromatic carbocycles. The van der Waals surface area contributed by atoms with Gasteiger partial charge in [-0.3, -0.25) is 9.69 Å². The zero-order valence-electron chi connectivity index (χ0n) is 11.8. The van der Waals surface area contributed by atoms with E-state index in [1.165, 1.54) is 0 Å². The van der Waals surface area contributed by atoms with Gasteiger partial charge in [-0.25, -0.2) is 0 Å². The summed E-state index contributed by atoms with van der Waals surface area (Å²) in [5.41, 5.74) is 7.06. The summed E-state index contributed by atoms with van der Waals surface area (Å²) < 4.78 is 0. The molecule has 1 atom stereocenters. The molecule has 110 valence electrons. The number of hydrogen-bond donors (Lipinski definition) is 3. The van der Waals surface area contributed by atoms with Gasteiger partial charge in [-0.2, -0.15) is 0 Å². The van der Waals surface area contributed by atoms with Crippen LogP contribution in [0.1, 0.15) is 24.2 Å². The predicted molar refractivity (Wildman–Crippen MR) is 83.5 cm³/mol. The molecule has 20 heavy (non-hydrogen) atoms. The van der Waals surface area contributed by atoms with Crippen LogP contribution in [0.5, 0.6) is 0 Å². The van der Waals surface area contributed by atoms with Gasteiger partial charge in [-0.1, -0.05) is 36.5 Å². The van der Waals surface area contributed by atoms with Crippen molar-refractivity contribution in [3.05, 3.63) is 35.4 Å². The van der Waals surface area contributed by atoms with Gasteiger partial charge in [0.2, 0.25) is 5.91 Å². The normalized spacial score (nSPS) is 12.2. The highest BCUT2D eigenvalue weighted by Crippen LogP contribution is 2.14. The molecule has 5 nitrogen and oxygen atoms in total. The average Bonchev–Trinajstić information content (AvgIpc) is 2.38. The first kappa shape index (κ1) is 16.6. The molecule has 0 saturated heterocycles. The topological polar surface area (TPSA) is 78.6 Å². The van der Waals surface area contributed by atoms with Crippen LogP contribution >= 0.6 is 12.2 Å². The number of hydrogen-bond acceptors (Lipinski definition) is 4. The van der Waals surface area contributed by atoms with Gasteiger partial charge in [0, 0.05) is 18.7 Å². The Morgan fingerprint density at radius 2 is 2.05 bits per heavy atom. The number of amides is 1. The summed E-state index contributed by atoms with van der Waals surface area (Å²) in [5.74, 6) is -0.0500. The standard InChI is InChI=1S/C14H21N3O2S/c1-3-16-13(19)9-17(2)8-12(18)10-4-6-11(7-5-10)14(15)20/h4-7,12,18H,3,8-9H2,1-2H3,(H2,15,20)(H,16,19). The van der Waals surface area contributed by atoms with Crippen molar-refractivity contribution in [2.24, 2.45) is 5.73 Å². The Morgan fingerprint density at radius 3 is 2.55 bits per heavy atom. The Balaban J connectivity index is 2.55. The van der Waals surface area contributed by atoms with Crippen LogP contribution in [-0.4, -0.2) is 47.6 Å². The first-order chi connectivity index (χ1) is 9.43. The summed E-state index contributed by atoms with van der Waals surface area (Å²) in [4.78, 5) is 13.5. The largest absolute Gasteiger partial charge is 0.389 e. The Labute approximate surface area is 124 Å². The van der Waals surface area contributed by atoms with E-state index in [-0.39, 0.29) is 12.5 Å². The summed E-state index contributed by atoms with van der Waals surface area (Å²) in [6.45, 7) is 3.12. The molecule has 0 aromatic heterocycles. The molecule has 0 heterocycles. The van der Waals surface area contributed by atoms with Crippen molar-refractivity contribution >= 4 is 23.1 Å². The number of nitrogens with zero attached hydrogens (tertiary/aromatic N) is 1. The second-order valence-electron chi connectivity index (χ2n) is 4.65. The molecule has 1 amide bonds. The molecular formula is C14H21N3O2S. The maximum absolute atomic E-state index is 11.4. The predicted octanol–water partition coefficient (Wildman–Crippen LogP) is 0.422. The highest BCUT2D eigenvalue weighted by molar-refractivity contribution is 7.80. The minimum atomic E-state index is -0.658. The lowest BCUT2D eigenvalue weighted by atomic mass is 10.1. The van der Waals surface area contributed by atoms with Gasteiger partial charge in [-0.05, 0) is 19.5 Å². The zero-order valence-corrected chi connectivity index (χ0v) is 12.6. The van der Waals surface area contributed by atoms with Crippen LogP contribution in [0.2, 0.25) is 0 Å². The third kappa shape index (κ3) is 5.24. The maximum Gasteiger partial charge on any atom is 0.234 e. The summed E-state index contributed by atoms with van der Waals surface area (Å²) in [6.07, 6.45) is -0.658. The molecule has 0 saturated carbocycles. The Morgan fingerprint density at radius 1 is 1.45 bits per heavy atom. The number of aliphatic hydroxyl groups is 1. The molecule has 0 radical (unpaired) electrons. The van der Waals surface area contributed by atoms with Crippen LogP contribution in [0, 0.1) is 0 Å². The third-order valence-electron chi connectivity index (χ3n) is 2.85. The summed E-state index contributed by atoms with van der Waals surface area (Å²) in [7, 11) is 1.79. The fourth-order valence-corrected chi connectivity index (χ4v) is 1.97. The van der Waals surface area contributed by atoms with Crippen LogP contribution in [0.4, 0.5) is 0 Å². The van der Waals surface area contributed by atoms with Gasteiger partial charge in [0.15, 0.2) is 0 Å². The first-order valence-electron chi connectivity index (χ1n) is 6.47. The van der Waals surface area contributed by atoms with Gasteiger partial charge in [0.05, 0.1) is 12.6 Å². The van der Waals surface area contributed by atoms with Crippen molar-refractivity contribution in [3.8, 4) is 0 Å². The van der Waals surface area contributed by atoms with Crippen LogP contribution in [-0.2, 0) is 4.79 Å². The summed E-state index contributed by atoms with van der Waals surface area (Å²) in [5, 5.41) is 12.8. The lowest BCUT2D eigenvalue weighted by molar-refractivity contribution is -0.122. The molecular weight excluding hydrogens is 274 g/mol. The van der Waals surface area contributed by atoms with E-state index in [1.807, 2.05) is 6.92 Å². The van der Waals surface area contributed by atoms with Gasteiger partial charge >= 0.3 is 0 Å². The fourth-order valence-electron chi connectivity index (χ4n) is 1.83. The van der Waals surface area contributed by atoms with Crippen LogP contribution in [0.25, 0.3) is 0 Å². The number of likely N-dealkylation sites (N-methyl/N-ethyl adjacent to an activating group) is 2. The zero-order chi connectivity index (χ0) is 15.1. The highest BCUT2D eigenvalue weighted by Gasteiger charge is 2.13. The lowest BCUT2D eigenvalue weighted by Crippen LogP contribution is -2.36. The van der Waals surface area contributed by atoms with Gasteiger partial charge in [0.1, 0.15) is 4.99 Å². The van der Waals surface area contributed by atoms with E-state index in [9.17, 15) is 9.90 Å². The fraction of sp³-hybridized carbons (Fsp3) is 0.429. The smallest absolute Gasteiger partial charge is 0.234 e. The van der Waals surface area contributed by atoms with Crippen molar-refractivity contribution in [2.75, 3.05) is 26.7 Å². The summed E-state index contributed by atoms with van der Waals surface area (Å²) >= 11 is 4.88. The molecule has 0 aliphatic carbocycles. The average molecular weight is 295 g/mol. The third-order valence-corrected chi connectivity index (χ3v) is 3.09. The molecule has 0 bridgehead atoms. The number of carbonyl (C=O) groups is 1. The van der Waals surface area contributed by atoms with Crippen molar-refractivity contribution < 1.29 is 9.90 Å². The van der Waals surface area contributed by atoms with E-state index in [1.54, 1.807) is 36.2 Å². The molecule has 0 aliphatic rings. The maximum atomic E-state index is 11.4. The van der Waals surface area contributed by atoms with Crippen molar-refractivity contribution in [1.82, 2.24) is 10.2 Å². The Kier molecular flexibility index (Phi) is 6.57. The van der Waals surface area contributed by atoms with E-state index in [4.69, 9.17) is 18.0 Å². The second-order valence-corrected chi connectivity index (χ2v) is 5.09. The van der Waals surface area contributed by atoms with E-state index in [2.05, 4.69) is 5.32 Å². The number of benzene rings is 1. The number of rotatable bonds is 7. The number of nitrogens with two attached hydrogens (primary N) is 1. The van der Waals surface area contributed by atoms with Crippen molar-refractivity contribution in [2.45, 2.75) is 13.0 Å². The number of nitrogens with one attached hydrogen (secondary N) is 1. The quantitative estimate of drug-likeness (QED) is 0.636. The van der Waals surface area contributed by atoms with Gasteiger partial charge in [-0.15, -0.1) is 0 Å². The molecule has 0 aliphatic heterocycles. The molecule has 1 unspecified atom stereocenters. The van der Waals surface area contributed by atoms with Crippen LogP contribution in [0.3, 0.4) is 0 Å². The summed E-state index contributed by atoms with van der Waals surface area (Å²) in [6, 6.07) is 7.15. The van der Waals surface area contributed by atoms with Crippen LogP contribution < -0.4 is 11.1 Å². The van der Waals surface area contributed by atoms with E-state index in [0.29, 0.717) is 18.1 Å². The minimum Gasteiger partial charge on any atom is -0.389 e. The van der Waals surface area contributed by atoms with E-state index >= 15 is 0 Å². The van der Waals surface area contributed by atoms with Crippen molar-refractivity contribution in [3.63, 3.8) is 0 Å². The van der Waals surface area contributed by atoms with E-state index < -0.39 is 6.10 Å². The van der Waals surface area contributed by atoms with E-state index in [0.717, 1.165) is 11.1 Å². The minimum absolute atomic E-state index is 0.0500. The SMILES string of the molecule is CCNC(=O)CN(C)CC(O)c1ccc(C(N)=S)cc1. The number of aliphatic hydroxyl groups excluding tert-OH is 1. The molecule has 1 aromatic rings. The first-order valence-corrected chi connectivity index (χ1v) is 6.88. The van der Waals surface area contributed by atoms with Crippen LogP contribution in [0.15, 0.2) is 24.3 Å². The Hall–Kier alpha value is -1.50. The highest BCUT2D eigenvalue weighted by atomic mass is 32.1. The monoisotopic (exact) mass is 295 g/mol. The lowest BCUT2D eigenvalue weighted by Gasteiger charge is -2.20. The number of carbonyl (C=O) groups excluding carboxylic acids is 1. The molecule has 0 spiro atoms. The van der Waals surface area contributed by atoms with Crippen molar-refractivity contribution in [1.29, 1.82) is 0 Å². The Bertz CT molecular complexity index is 462. The molecule has 1 rings (SSSR count). The molecule has 4 N–H and O–H groups in total. The second kappa shape index (κ2) is 7.94.